The Morgan fingerprint density at radius 1 is 0.934 bits per heavy atom. The molecule has 0 radical (unpaired) electrons. The number of carbonyl (C=O) groups is 1. The molecule has 0 bridgehead atoms. The fourth-order valence-corrected chi connectivity index (χ4v) is 9.65. The first kappa shape index (κ1) is 51.7. The summed E-state index contributed by atoms with van der Waals surface area (Å²) >= 11 is 1.59. The summed E-state index contributed by atoms with van der Waals surface area (Å²) in [6.07, 6.45) is -6.69. The van der Waals surface area contributed by atoms with Crippen molar-refractivity contribution in [3.05, 3.63) is 16.6 Å². The van der Waals surface area contributed by atoms with Crippen molar-refractivity contribution in [3.8, 4) is 0 Å². The predicted octanol–water partition coefficient (Wildman–Crippen LogP) is 2.88. The van der Waals surface area contributed by atoms with E-state index in [1.807, 2.05) is 19.2 Å². The van der Waals surface area contributed by atoms with Crippen molar-refractivity contribution in [3.63, 3.8) is 0 Å². The molecule has 0 aliphatic carbocycles. The van der Waals surface area contributed by atoms with E-state index >= 15 is 0 Å². The fraction of sp³-hybridized carbons (Fsp3) is 0.884. The van der Waals surface area contributed by atoms with Crippen LogP contribution in [0.4, 0.5) is 0 Å². The smallest absolute Gasteiger partial charge is 0.311 e. The minimum absolute atomic E-state index is 0.0123. The van der Waals surface area contributed by atoms with Crippen LogP contribution in [0.5, 0.6) is 0 Å². The number of thiazole rings is 1. The highest BCUT2D eigenvalue weighted by Crippen LogP contribution is 2.41. The molecule has 3 fully saturated rings. The summed E-state index contributed by atoms with van der Waals surface area (Å²) in [5, 5.41) is 72.9. The zero-order chi connectivity index (χ0) is 45.3. The van der Waals surface area contributed by atoms with Gasteiger partial charge >= 0.3 is 5.97 Å². The van der Waals surface area contributed by atoms with Gasteiger partial charge in [0.25, 0.3) is 0 Å². The van der Waals surface area contributed by atoms with Crippen molar-refractivity contribution in [1.82, 2.24) is 15.6 Å². The Bertz CT molecular complexity index is 1510. The minimum atomic E-state index is -1.94. The van der Waals surface area contributed by atoms with Gasteiger partial charge in [-0.15, -0.1) is 11.3 Å². The summed E-state index contributed by atoms with van der Waals surface area (Å²) in [4.78, 5) is 24.4. The normalized spacial score (nSPS) is 42.8. The summed E-state index contributed by atoms with van der Waals surface area (Å²) in [5.41, 5.74) is -4.34. The minimum Gasteiger partial charge on any atom is -0.459 e. The number of aliphatic hydroxyl groups excluding tert-OH is 3. The Labute approximate surface area is 366 Å². The van der Waals surface area contributed by atoms with Crippen molar-refractivity contribution >= 4 is 23.0 Å². The number of nitrogens with one attached hydrogen (secondary N) is 2. The third kappa shape index (κ3) is 13.3. The molecule has 0 saturated carbocycles. The van der Waals surface area contributed by atoms with Crippen LogP contribution >= 0.6 is 11.3 Å². The molecule has 1 aromatic rings. The van der Waals surface area contributed by atoms with E-state index in [1.165, 1.54) is 14.0 Å². The number of cyclic esters (lactones) is 1. The van der Waals surface area contributed by atoms with Crippen LogP contribution in [0, 0.1) is 23.7 Å². The molecule has 7 N–H and O–H groups in total. The molecule has 0 amide bonds. The lowest BCUT2D eigenvalue weighted by molar-refractivity contribution is -0.314. The molecule has 17 atom stereocenters. The first-order valence-electron chi connectivity index (χ1n) is 22.0. The average Bonchev–Trinajstić information content (AvgIpc) is 3.73. The van der Waals surface area contributed by atoms with Crippen molar-refractivity contribution in [2.75, 3.05) is 33.4 Å². The molecule has 17 nitrogen and oxygen atoms in total. The molecular weight excluding hydrogens is 813 g/mol. The Balaban J connectivity index is 1.69. The third-order valence-electron chi connectivity index (χ3n) is 12.9. The molecule has 3 saturated heterocycles. The SMILES string of the molecule is CC[C@H]1OC(=O)[C@H](C)[C@@H](O[C@H]2C[C@@](C)(OC)[C@@H](O)[C@H](C)O2)[C@H](C)[C@@H](O[C@@H]2O[C@H](C)CC[C@H]2O)[C@](C)(O)C[C@@H](C)/C(=N\OCCNCCNCc2nccs2)[C@H](C)[C@@H](O)[C@]1(C)O. The van der Waals surface area contributed by atoms with E-state index in [4.69, 9.17) is 33.3 Å². The number of carbonyl (C=O) groups excluding carboxylic acids is 1. The second-order valence-electron chi connectivity index (χ2n) is 18.2. The number of aliphatic hydroxyl groups is 5. The zero-order valence-corrected chi connectivity index (χ0v) is 38.9. The Hall–Kier alpha value is -1.91. The number of rotatable bonds is 15. The van der Waals surface area contributed by atoms with Crippen LogP contribution in [0.25, 0.3) is 0 Å². The first-order chi connectivity index (χ1) is 28.7. The van der Waals surface area contributed by atoms with E-state index in [2.05, 4.69) is 20.8 Å². The van der Waals surface area contributed by atoms with Crippen molar-refractivity contribution < 1.29 is 63.6 Å². The maximum absolute atomic E-state index is 14.3. The molecular formula is C43H76N4O13S. The first-order valence-corrected chi connectivity index (χ1v) is 22.9. The van der Waals surface area contributed by atoms with Crippen LogP contribution < -0.4 is 10.6 Å². The third-order valence-corrected chi connectivity index (χ3v) is 13.7. The van der Waals surface area contributed by atoms with E-state index < -0.39 is 102 Å². The predicted molar refractivity (Wildman–Crippen MR) is 228 cm³/mol. The largest absolute Gasteiger partial charge is 0.459 e. The van der Waals surface area contributed by atoms with Crippen molar-refractivity contribution in [1.29, 1.82) is 0 Å². The maximum Gasteiger partial charge on any atom is 0.311 e. The summed E-state index contributed by atoms with van der Waals surface area (Å²) in [7, 11) is 1.50. The molecule has 352 valence electrons. The van der Waals surface area contributed by atoms with Gasteiger partial charge in [0.1, 0.15) is 35.5 Å². The van der Waals surface area contributed by atoms with Crippen LogP contribution in [0.2, 0.25) is 0 Å². The number of nitrogens with zero attached hydrogens (tertiary/aromatic N) is 2. The average molecular weight is 889 g/mol. The molecule has 0 unspecified atom stereocenters. The summed E-state index contributed by atoms with van der Waals surface area (Å²) < 4.78 is 37.4. The van der Waals surface area contributed by atoms with E-state index in [1.54, 1.807) is 66.0 Å². The van der Waals surface area contributed by atoms with Crippen molar-refractivity contribution in [2.24, 2.45) is 28.8 Å². The highest BCUT2D eigenvalue weighted by atomic mass is 32.1. The Morgan fingerprint density at radius 2 is 1.64 bits per heavy atom. The number of ether oxygens (including phenoxy) is 6. The van der Waals surface area contributed by atoms with E-state index in [0.717, 1.165) is 11.6 Å². The van der Waals surface area contributed by atoms with Gasteiger partial charge in [-0.05, 0) is 67.2 Å². The van der Waals surface area contributed by atoms with Gasteiger partial charge in [0.05, 0.1) is 53.4 Å². The van der Waals surface area contributed by atoms with Gasteiger partial charge in [-0.25, -0.2) is 4.98 Å². The molecule has 3 aliphatic heterocycles. The van der Waals surface area contributed by atoms with Crippen LogP contribution in [-0.2, 0) is 44.6 Å². The second-order valence-corrected chi connectivity index (χ2v) is 19.1. The Kier molecular flexibility index (Phi) is 19.3. The molecule has 1 aromatic heterocycles. The van der Waals surface area contributed by atoms with Gasteiger partial charge in [0.15, 0.2) is 12.6 Å². The van der Waals surface area contributed by atoms with E-state index in [9.17, 15) is 30.3 Å². The number of methoxy groups -OCH3 is 1. The molecule has 4 rings (SSSR count). The monoisotopic (exact) mass is 889 g/mol. The Morgan fingerprint density at radius 3 is 2.30 bits per heavy atom. The van der Waals surface area contributed by atoms with Gasteiger partial charge in [0, 0.05) is 69.0 Å². The van der Waals surface area contributed by atoms with Gasteiger partial charge < -0.3 is 69.4 Å². The van der Waals surface area contributed by atoms with Gasteiger partial charge in [-0.2, -0.15) is 0 Å². The van der Waals surface area contributed by atoms with Gasteiger partial charge in [0.2, 0.25) is 0 Å². The lowest BCUT2D eigenvalue weighted by atomic mass is 9.73. The topological polar surface area (TPSA) is 232 Å². The van der Waals surface area contributed by atoms with Gasteiger partial charge in [-0.1, -0.05) is 32.9 Å². The second kappa shape index (κ2) is 22.8. The van der Waals surface area contributed by atoms with Crippen molar-refractivity contribution in [2.45, 2.75) is 186 Å². The fourth-order valence-electron chi connectivity index (χ4n) is 9.07. The number of hydrogen-bond donors (Lipinski definition) is 7. The summed E-state index contributed by atoms with van der Waals surface area (Å²) in [5.74, 6) is -3.97. The molecule has 61 heavy (non-hydrogen) atoms. The standard InChI is InChI=1S/C43H76N4O13S/c1-12-31-43(10,53)36(49)26(4)34(47-55-19-17-44-15-16-45-23-32-46-18-20-61-32)24(2)21-41(8,52)38(60-40-30(48)14-13-25(3)56-40)27(5)35(28(6)39(51)58-31)59-33-22-42(9,54-11)37(50)29(7)57-33/h18,20,24-31,33,35-38,40,44-45,48-50,52-53H,12-17,19,21-23H2,1-11H3/b47-34+/t24-,25-,26+,27+,28-,29+,30-,31-,33+,35+,36-,37+,38-,40+,41-,42-,43-/m1/s1. The highest BCUT2D eigenvalue weighted by molar-refractivity contribution is 7.09. The lowest BCUT2D eigenvalue weighted by Crippen LogP contribution is -2.60. The van der Waals surface area contributed by atoms with Gasteiger partial charge in [-0.3, -0.25) is 4.79 Å². The summed E-state index contributed by atoms with van der Waals surface area (Å²) in [6, 6.07) is 0. The number of hydrogen-bond acceptors (Lipinski definition) is 18. The van der Waals surface area contributed by atoms with Crippen LogP contribution in [-0.4, -0.2) is 154 Å². The number of esters is 1. The van der Waals surface area contributed by atoms with Crippen LogP contribution in [0.1, 0.15) is 106 Å². The summed E-state index contributed by atoms with van der Waals surface area (Å²) in [6.45, 7) is 19.9. The number of oxime groups is 1. The van der Waals surface area contributed by atoms with Crippen LogP contribution in [0.3, 0.4) is 0 Å². The molecule has 18 heteroatoms. The zero-order valence-electron chi connectivity index (χ0n) is 38.1. The van der Waals surface area contributed by atoms with Crippen LogP contribution in [0.15, 0.2) is 16.7 Å². The lowest BCUT2D eigenvalue weighted by Gasteiger charge is -2.48. The van der Waals surface area contributed by atoms with E-state index in [-0.39, 0.29) is 32.0 Å². The molecule has 0 spiro atoms. The molecule has 4 heterocycles. The quantitative estimate of drug-likeness (QED) is 0.0763. The maximum atomic E-state index is 14.3. The highest BCUT2D eigenvalue weighted by Gasteiger charge is 2.53. The molecule has 3 aliphatic rings. The molecule has 0 aromatic carbocycles. The van der Waals surface area contributed by atoms with E-state index in [0.29, 0.717) is 38.2 Å². The number of aromatic nitrogens is 1.